The number of benzene rings is 1. The third kappa shape index (κ3) is 3.52. The van der Waals surface area contributed by atoms with E-state index in [4.69, 9.17) is 27.5 Å². The number of rotatable bonds is 4. The van der Waals surface area contributed by atoms with Gasteiger partial charge in [-0.2, -0.15) is 0 Å². The number of nitrogen functional groups attached to an aromatic ring is 1. The fourth-order valence-electron chi connectivity index (χ4n) is 1.96. The van der Waals surface area contributed by atoms with Gasteiger partial charge in [0.15, 0.2) is 0 Å². The fourth-order valence-corrected chi connectivity index (χ4v) is 2.39. The summed E-state index contributed by atoms with van der Waals surface area (Å²) in [6, 6.07) is 8.98. The first-order valence-corrected chi connectivity index (χ1v) is 7.05. The van der Waals surface area contributed by atoms with Crippen LogP contribution in [0.2, 0.25) is 5.02 Å². The molecule has 2 aromatic rings. The highest BCUT2D eigenvalue weighted by atomic mass is 35.5. The topological polar surface area (TPSA) is 72.0 Å². The van der Waals surface area contributed by atoms with Crippen molar-refractivity contribution < 1.29 is 4.74 Å². The zero-order valence-electron chi connectivity index (χ0n) is 12.3. The first-order valence-electron chi connectivity index (χ1n) is 6.68. The minimum absolute atomic E-state index is 0.0869. The summed E-state index contributed by atoms with van der Waals surface area (Å²) in [5.74, 6) is 1.33. The summed E-state index contributed by atoms with van der Waals surface area (Å²) in [5.41, 5.74) is 7.79. The predicted molar refractivity (Wildman–Crippen MR) is 85.6 cm³/mol. The smallest absolute Gasteiger partial charge is 0.219 e. The summed E-state index contributed by atoms with van der Waals surface area (Å²) >= 11 is 6.25. The van der Waals surface area contributed by atoms with Crippen molar-refractivity contribution in [2.45, 2.75) is 26.7 Å². The van der Waals surface area contributed by atoms with Gasteiger partial charge < -0.3 is 10.5 Å². The molecule has 5 heteroatoms. The molecule has 0 aliphatic heterocycles. The van der Waals surface area contributed by atoms with Crippen molar-refractivity contribution in [2.24, 2.45) is 5.73 Å². The number of hydrogen-bond acceptors (Lipinski definition) is 3. The number of nitrogens with zero attached hydrogens (tertiary/aromatic N) is 1. The fraction of sp³-hybridized carbons (Fsp3) is 0.250. The van der Waals surface area contributed by atoms with E-state index in [0.29, 0.717) is 23.2 Å². The number of pyridine rings is 1. The van der Waals surface area contributed by atoms with E-state index in [1.807, 2.05) is 19.1 Å². The molecule has 0 saturated carbocycles. The van der Waals surface area contributed by atoms with Crippen LogP contribution in [0.5, 0.6) is 11.6 Å². The normalized spacial score (nSPS) is 10.7. The number of hydrogen-bond donors (Lipinski definition) is 2. The second-order valence-corrected chi connectivity index (χ2v) is 5.58. The largest absolute Gasteiger partial charge is 0.439 e. The van der Waals surface area contributed by atoms with Crippen LogP contribution in [0.15, 0.2) is 30.3 Å². The maximum Gasteiger partial charge on any atom is 0.219 e. The molecular formula is C16H18ClN3O. The molecule has 1 aromatic heterocycles. The number of nitrogens with two attached hydrogens (primary N) is 1. The quantitative estimate of drug-likeness (QED) is 0.655. The summed E-state index contributed by atoms with van der Waals surface area (Å²) in [6.45, 7) is 6.09. The Labute approximate surface area is 129 Å². The van der Waals surface area contributed by atoms with Crippen LogP contribution >= 0.6 is 11.6 Å². The Kier molecular flexibility index (Phi) is 4.48. The lowest BCUT2D eigenvalue weighted by Gasteiger charge is -2.14. The molecule has 1 heterocycles. The minimum Gasteiger partial charge on any atom is -0.439 e. The number of halogens is 1. The van der Waals surface area contributed by atoms with Gasteiger partial charge in [-0.3, -0.25) is 5.41 Å². The second kappa shape index (κ2) is 6.14. The van der Waals surface area contributed by atoms with Crippen molar-refractivity contribution in [3.05, 3.63) is 52.2 Å². The third-order valence-corrected chi connectivity index (χ3v) is 3.46. The molecule has 0 bridgehead atoms. The molecule has 0 aliphatic carbocycles. The number of ether oxygens (including phenoxy) is 1. The molecule has 0 spiro atoms. The van der Waals surface area contributed by atoms with E-state index in [1.165, 1.54) is 0 Å². The van der Waals surface area contributed by atoms with Crippen molar-refractivity contribution in [1.82, 2.24) is 4.98 Å². The maximum atomic E-state index is 7.41. The zero-order valence-corrected chi connectivity index (χ0v) is 13.0. The molecule has 110 valence electrons. The van der Waals surface area contributed by atoms with E-state index in [2.05, 4.69) is 18.8 Å². The minimum atomic E-state index is -0.0869. The second-order valence-electron chi connectivity index (χ2n) is 5.17. The predicted octanol–water partition coefficient (Wildman–Crippen LogP) is 4.24. The standard InChI is InChI=1S/C16H18ClN3O/c1-9(2)11-8-14(10(3)7-12(11)17)21-15-6-4-5-13(20-15)16(18)19/h4-9H,1-3H3,(H3,18,19). The first kappa shape index (κ1) is 15.3. The van der Waals surface area contributed by atoms with E-state index in [-0.39, 0.29) is 5.84 Å². The Bertz CT molecular complexity index is 683. The van der Waals surface area contributed by atoms with Gasteiger partial charge in [-0.1, -0.05) is 31.5 Å². The van der Waals surface area contributed by atoms with Crippen molar-refractivity contribution in [3.8, 4) is 11.6 Å². The monoisotopic (exact) mass is 303 g/mol. The lowest BCUT2D eigenvalue weighted by molar-refractivity contribution is 0.458. The number of amidine groups is 1. The highest BCUT2D eigenvalue weighted by Gasteiger charge is 2.11. The van der Waals surface area contributed by atoms with Gasteiger partial charge >= 0.3 is 0 Å². The summed E-state index contributed by atoms with van der Waals surface area (Å²) < 4.78 is 5.82. The highest BCUT2D eigenvalue weighted by Crippen LogP contribution is 2.33. The Morgan fingerprint density at radius 3 is 2.67 bits per heavy atom. The molecule has 1 aromatic carbocycles. The van der Waals surface area contributed by atoms with E-state index < -0.39 is 0 Å². The van der Waals surface area contributed by atoms with E-state index >= 15 is 0 Å². The molecule has 21 heavy (non-hydrogen) atoms. The number of aromatic nitrogens is 1. The molecule has 3 N–H and O–H groups in total. The van der Waals surface area contributed by atoms with Crippen LogP contribution in [0.4, 0.5) is 0 Å². The van der Waals surface area contributed by atoms with Crippen LogP contribution in [0, 0.1) is 12.3 Å². The average Bonchev–Trinajstić information content (AvgIpc) is 2.41. The van der Waals surface area contributed by atoms with Gasteiger partial charge in [-0.15, -0.1) is 0 Å². The van der Waals surface area contributed by atoms with Gasteiger partial charge in [0.1, 0.15) is 17.3 Å². The lowest BCUT2D eigenvalue weighted by Crippen LogP contribution is -2.13. The van der Waals surface area contributed by atoms with Crippen molar-refractivity contribution in [3.63, 3.8) is 0 Å². The third-order valence-electron chi connectivity index (χ3n) is 3.13. The van der Waals surface area contributed by atoms with Gasteiger partial charge in [0, 0.05) is 11.1 Å². The zero-order chi connectivity index (χ0) is 15.6. The van der Waals surface area contributed by atoms with Crippen LogP contribution in [0.3, 0.4) is 0 Å². The molecular weight excluding hydrogens is 286 g/mol. The van der Waals surface area contributed by atoms with Crippen LogP contribution in [0.25, 0.3) is 0 Å². The van der Waals surface area contributed by atoms with E-state index in [1.54, 1.807) is 18.2 Å². The van der Waals surface area contributed by atoms with E-state index in [0.717, 1.165) is 16.1 Å². The van der Waals surface area contributed by atoms with Crippen molar-refractivity contribution in [2.75, 3.05) is 0 Å². The number of nitrogens with one attached hydrogen (secondary N) is 1. The Morgan fingerprint density at radius 1 is 1.33 bits per heavy atom. The Hall–Kier alpha value is -2.07. The van der Waals surface area contributed by atoms with Crippen LogP contribution in [-0.4, -0.2) is 10.8 Å². The van der Waals surface area contributed by atoms with Gasteiger partial charge in [-0.05, 0) is 42.2 Å². The molecule has 0 radical (unpaired) electrons. The van der Waals surface area contributed by atoms with Gasteiger partial charge in [0.05, 0.1) is 0 Å². The van der Waals surface area contributed by atoms with Crippen molar-refractivity contribution >= 4 is 17.4 Å². The average molecular weight is 304 g/mol. The Morgan fingerprint density at radius 2 is 2.05 bits per heavy atom. The molecule has 0 saturated heterocycles. The van der Waals surface area contributed by atoms with Gasteiger partial charge in [0.25, 0.3) is 0 Å². The SMILES string of the molecule is Cc1cc(Cl)c(C(C)C)cc1Oc1cccc(C(=N)N)n1. The molecule has 0 amide bonds. The van der Waals surface area contributed by atoms with Crippen LogP contribution in [0.1, 0.15) is 36.6 Å². The first-order chi connectivity index (χ1) is 9.88. The number of aryl methyl sites for hydroxylation is 1. The molecule has 4 nitrogen and oxygen atoms in total. The molecule has 0 unspecified atom stereocenters. The summed E-state index contributed by atoms with van der Waals surface area (Å²) in [4.78, 5) is 4.20. The van der Waals surface area contributed by atoms with Gasteiger partial charge in [0.2, 0.25) is 5.88 Å². The Balaban J connectivity index is 2.37. The van der Waals surface area contributed by atoms with Crippen molar-refractivity contribution in [1.29, 1.82) is 5.41 Å². The van der Waals surface area contributed by atoms with Crippen LogP contribution in [-0.2, 0) is 0 Å². The van der Waals surface area contributed by atoms with Gasteiger partial charge in [-0.25, -0.2) is 4.98 Å². The molecule has 0 atom stereocenters. The van der Waals surface area contributed by atoms with Crippen LogP contribution < -0.4 is 10.5 Å². The summed E-state index contributed by atoms with van der Waals surface area (Å²) in [5, 5.41) is 8.15. The molecule has 2 rings (SSSR count). The molecule has 0 aliphatic rings. The highest BCUT2D eigenvalue weighted by molar-refractivity contribution is 6.31. The maximum absolute atomic E-state index is 7.41. The summed E-state index contributed by atoms with van der Waals surface area (Å²) in [6.07, 6.45) is 0. The molecule has 0 fully saturated rings. The van der Waals surface area contributed by atoms with E-state index in [9.17, 15) is 0 Å². The lowest BCUT2D eigenvalue weighted by atomic mass is 10.0. The summed E-state index contributed by atoms with van der Waals surface area (Å²) in [7, 11) is 0.